The highest BCUT2D eigenvalue weighted by Gasteiger charge is 2.39. The van der Waals surface area contributed by atoms with Crippen LogP contribution in [0.2, 0.25) is 0 Å². The first-order valence-corrected chi connectivity index (χ1v) is 4.20. The van der Waals surface area contributed by atoms with Gasteiger partial charge in [-0.05, 0) is 6.42 Å². The second kappa shape index (κ2) is 3.77. The van der Waals surface area contributed by atoms with Crippen LogP contribution < -0.4 is 17.2 Å². The fraction of sp³-hybridized carbons (Fsp3) is 0.714. The van der Waals surface area contributed by atoms with Crippen LogP contribution in [0.4, 0.5) is 8.78 Å². The Morgan fingerprint density at radius 3 is 2.36 bits per heavy atom. The lowest BCUT2D eigenvalue weighted by Crippen LogP contribution is -2.27. The molecule has 0 spiro atoms. The van der Waals surface area contributed by atoms with Crippen molar-refractivity contribution in [1.29, 1.82) is 0 Å². The molecule has 1 rings (SSSR count). The van der Waals surface area contributed by atoms with Crippen LogP contribution in [0.25, 0.3) is 0 Å². The molecule has 1 fully saturated rings. The predicted octanol–water partition coefficient (Wildman–Crippen LogP) is -0.238. The fourth-order valence-electron chi connectivity index (χ4n) is 1.39. The summed E-state index contributed by atoms with van der Waals surface area (Å²) in [6, 6.07) is -0.479. The number of alkyl halides is 2. The van der Waals surface area contributed by atoms with E-state index in [2.05, 4.69) is 9.98 Å². The largest absolute Gasteiger partial charge is 0.370 e. The van der Waals surface area contributed by atoms with Crippen molar-refractivity contribution in [2.45, 2.75) is 31.2 Å². The zero-order valence-electron chi connectivity index (χ0n) is 7.58. The van der Waals surface area contributed by atoms with Crippen molar-refractivity contribution in [3.8, 4) is 0 Å². The van der Waals surface area contributed by atoms with Gasteiger partial charge in [-0.1, -0.05) is 0 Å². The van der Waals surface area contributed by atoms with Crippen LogP contribution in [-0.2, 0) is 0 Å². The van der Waals surface area contributed by atoms with E-state index in [1.165, 1.54) is 0 Å². The van der Waals surface area contributed by atoms with Crippen molar-refractivity contribution in [2.75, 3.05) is 0 Å². The standard InChI is InChI=1S/C7H13F2N5/c8-7(9)2-1-4(3-7)13-6(12)14-5(10)11/h4H,1-3H2,(H6,10,11,12,13,14). The Labute approximate surface area is 80.1 Å². The molecule has 6 N–H and O–H groups in total. The lowest BCUT2D eigenvalue weighted by atomic mass is 10.2. The first kappa shape index (κ1) is 10.7. The minimum atomic E-state index is -2.63. The molecule has 0 bridgehead atoms. The molecule has 1 atom stereocenters. The number of guanidine groups is 2. The number of nitrogens with zero attached hydrogens (tertiary/aromatic N) is 2. The van der Waals surface area contributed by atoms with Crippen LogP contribution in [0.5, 0.6) is 0 Å². The average Bonchev–Trinajstić information content (AvgIpc) is 2.27. The van der Waals surface area contributed by atoms with Crippen molar-refractivity contribution >= 4 is 11.9 Å². The highest BCUT2D eigenvalue weighted by molar-refractivity contribution is 5.92. The molecular formula is C7H13F2N5. The van der Waals surface area contributed by atoms with Gasteiger partial charge in [0, 0.05) is 12.8 Å². The zero-order chi connectivity index (χ0) is 10.8. The van der Waals surface area contributed by atoms with E-state index in [1.807, 2.05) is 0 Å². The molecule has 0 aromatic carbocycles. The average molecular weight is 205 g/mol. The van der Waals surface area contributed by atoms with E-state index in [0.29, 0.717) is 6.42 Å². The molecule has 14 heavy (non-hydrogen) atoms. The van der Waals surface area contributed by atoms with Crippen LogP contribution in [-0.4, -0.2) is 23.9 Å². The molecule has 7 heteroatoms. The highest BCUT2D eigenvalue weighted by atomic mass is 19.3. The number of hydrogen-bond donors (Lipinski definition) is 3. The lowest BCUT2D eigenvalue weighted by molar-refractivity contribution is 0.00809. The first-order chi connectivity index (χ1) is 6.39. The minimum absolute atomic E-state index is 0.146. The van der Waals surface area contributed by atoms with E-state index in [9.17, 15) is 8.78 Å². The van der Waals surface area contributed by atoms with Gasteiger partial charge >= 0.3 is 0 Å². The van der Waals surface area contributed by atoms with Gasteiger partial charge < -0.3 is 17.2 Å². The second-order valence-corrected chi connectivity index (χ2v) is 3.28. The molecule has 0 radical (unpaired) electrons. The van der Waals surface area contributed by atoms with Gasteiger partial charge in [-0.3, -0.25) is 0 Å². The SMILES string of the molecule is NC(N)=NC(N)=NC1CCC(F)(F)C1. The molecule has 80 valence electrons. The fourth-order valence-corrected chi connectivity index (χ4v) is 1.39. The van der Waals surface area contributed by atoms with Gasteiger partial charge in [-0.2, -0.15) is 4.99 Å². The summed E-state index contributed by atoms with van der Waals surface area (Å²) < 4.78 is 25.4. The third-order valence-corrected chi connectivity index (χ3v) is 1.94. The Hall–Kier alpha value is -1.40. The van der Waals surface area contributed by atoms with Crippen molar-refractivity contribution < 1.29 is 8.78 Å². The summed E-state index contributed by atoms with van der Waals surface area (Å²) in [5, 5.41) is 0. The molecule has 0 saturated heterocycles. The van der Waals surface area contributed by atoms with Crippen molar-refractivity contribution in [2.24, 2.45) is 27.2 Å². The Bertz CT molecular complexity index is 269. The Morgan fingerprint density at radius 2 is 1.93 bits per heavy atom. The molecular weight excluding hydrogens is 192 g/mol. The molecule has 0 aromatic rings. The molecule has 0 aromatic heterocycles. The number of rotatable bonds is 1. The maximum absolute atomic E-state index is 12.7. The summed E-state index contributed by atoms with van der Waals surface area (Å²) >= 11 is 0. The smallest absolute Gasteiger partial charge is 0.250 e. The first-order valence-electron chi connectivity index (χ1n) is 4.20. The Balaban J connectivity index is 2.57. The molecule has 0 heterocycles. The number of halogens is 2. The second-order valence-electron chi connectivity index (χ2n) is 3.28. The summed E-state index contributed by atoms with van der Waals surface area (Å²) in [7, 11) is 0. The van der Waals surface area contributed by atoms with E-state index >= 15 is 0 Å². The topological polar surface area (TPSA) is 103 Å². The Morgan fingerprint density at radius 1 is 1.29 bits per heavy atom. The molecule has 1 unspecified atom stereocenters. The summed E-state index contributed by atoms with van der Waals surface area (Å²) in [4.78, 5) is 7.22. The van der Waals surface area contributed by atoms with Gasteiger partial charge in [0.05, 0.1) is 6.04 Å². The maximum Gasteiger partial charge on any atom is 0.250 e. The van der Waals surface area contributed by atoms with E-state index in [-0.39, 0.29) is 24.8 Å². The molecule has 1 aliphatic carbocycles. The monoisotopic (exact) mass is 205 g/mol. The molecule has 0 aliphatic heterocycles. The van der Waals surface area contributed by atoms with E-state index < -0.39 is 12.0 Å². The Kier molecular flexibility index (Phi) is 2.87. The molecule has 0 amide bonds. The van der Waals surface area contributed by atoms with Crippen LogP contribution >= 0.6 is 0 Å². The van der Waals surface area contributed by atoms with Crippen LogP contribution in [0.3, 0.4) is 0 Å². The predicted molar refractivity (Wildman–Crippen MR) is 50.0 cm³/mol. The maximum atomic E-state index is 12.7. The molecule has 1 aliphatic rings. The van der Waals surface area contributed by atoms with Crippen molar-refractivity contribution in [1.82, 2.24) is 0 Å². The van der Waals surface area contributed by atoms with Gasteiger partial charge in [0.15, 0.2) is 5.96 Å². The van der Waals surface area contributed by atoms with E-state index in [4.69, 9.17) is 17.2 Å². The number of aliphatic imine (C=N–C) groups is 2. The summed E-state index contributed by atoms with van der Waals surface area (Å²) in [6.07, 6.45) is -0.127. The highest BCUT2D eigenvalue weighted by Crippen LogP contribution is 2.36. The van der Waals surface area contributed by atoms with Gasteiger partial charge in [0.2, 0.25) is 11.9 Å². The lowest BCUT2D eigenvalue weighted by Gasteiger charge is -2.06. The van der Waals surface area contributed by atoms with Gasteiger partial charge in [-0.15, -0.1) is 0 Å². The zero-order valence-corrected chi connectivity index (χ0v) is 7.58. The van der Waals surface area contributed by atoms with Crippen LogP contribution in [0.15, 0.2) is 9.98 Å². The third kappa shape index (κ3) is 3.15. The van der Waals surface area contributed by atoms with Crippen molar-refractivity contribution in [3.63, 3.8) is 0 Å². The summed E-state index contributed by atoms with van der Waals surface area (Å²) in [5.74, 6) is -3.00. The summed E-state index contributed by atoms with van der Waals surface area (Å²) in [6.45, 7) is 0. The van der Waals surface area contributed by atoms with Crippen molar-refractivity contribution in [3.05, 3.63) is 0 Å². The van der Waals surface area contributed by atoms with Gasteiger partial charge in [-0.25, -0.2) is 13.8 Å². The summed E-state index contributed by atoms with van der Waals surface area (Å²) in [5.41, 5.74) is 15.4. The normalized spacial score (nSPS) is 26.1. The quantitative estimate of drug-likeness (QED) is 0.406. The molecule has 5 nitrogen and oxygen atoms in total. The van der Waals surface area contributed by atoms with E-state index in [1.54, 1.807) is 0 Å². The number of hydrogen-bond acceptors (Lipinski definition) is 1. The minimum Gasteiger partial charge on any atom is -0.370 e. The van der Waals surface area contributed by atoms with Gasteiger partial charge in [0.1, 0.15) is 0 Å². The van der Waals surface area contributed by atoms with Crippen LogP contribution in [0.1, 0.15) is 19.3 Å². The van der Waals surface area contributed by atoms with E-state index in [0.717, 1.165) is 0 Å². The third-order valence-electron chi connectivity index (χ3n) is 1.94. The van der Waals surface area contributed by atoms with Gasteiger partial charge in [0.25, 0.3) is 0 Å². The number of nitrogens with two attached hydrogens (primary N) is 3. The molecule has 1 saturated carbocycles. The van der Waals surface area contributed by atoms with Crippen LogP contribution in [0, 0.1) is 0 Å².